The Bertz CT molecular complexity index is 513. The fraction of sp³-hybridized carbons (Fsp3) is 0.733. The fourth-order valence-electron chi connectivity index (χ4n) is 4.46. The number of rotatable bonds is 1. The first-order chi connectivity index (χ1) is 9.59. The molecule has 4 heterocycles. The largest absolute Gasteiger partial charge is 0.456 e. The second-order valence-electron chi connectivity index (χ2n) is 6.68. The van der Waals surface area contributed by atoms with Crippen LogP contribution in [0.4, 0.5) is 0 Å². The Kier molecular flexibility index (Phi) is 2.52. The number of nitrogens with one attached hydrogen (secondary N) is 1. The van der Waals surface area contributed by atoms with E-state index in [0.29, 0.717) is 17.7 Å². The van der Waals surface area contributed by atoms with Crippen molar-refractivity contribution in [3.63, 3.8) is 0 Å². The molecule has 4 rings (SSSR count). The van der Waals surface area contributed by atoms with Crippen molar-refractivity contribution in [2.75, 3.05) is 13.2 Å². The minimum absolute atomic E-state index is 0.185. The minimum atomic E-state index is -0.279. The first kappa shape index (κ1) is 12.4. The third-order valence-corrected chi connectivity index (χ3v) is 5.53. The zero-order valence-corrected chi connectivity index (χ0v) is 11.8. The van der Waals surface area contributed by atoms with E-state index in [-0.39, 0.29) is 23.9 Å². The Balaban J connectivity index is 1.62. The lowest BCUT2D eigenvalue weighted by molar-refractivity contribution is -0.138. The summed E-state index contributed by atoms with van der Waals surface area (Å²) in [5, 5.41) is 3.60. The molecule has 0 radical (unpaired) electrons. The highest BCUT2D eigenvalue weighted by Crippen LogP contribution is 2.48. The molecule has 0 aliphatic carbocycles. The van der Waals surface area contributed by atoms with Crippen molar-refractivity contribution in [3.05, 3.63) is 11.3 Å². The van der Waals surface area contributed by atoms with Gasteiger partial charge in [-0.05, 0) is 39.0 Å². The molecule has 4 aliphatic heterocycles. The lowest BCUT2D eigenvalue weighted by Gasteiger charge is -2.36. The predicted octanol–water partition coefficient (Wildman–Crippen LogP) is 0.950. The first-order valence-corrected chi connectivity index (χ1v) is 7.54. The van der Waals surface area contributed by atoms with Crippen molar-refractivity contribution < 1.29 is 14.3 Å². The average molecular weight is 276 g/mol. The molecule has 3 atom stereocenters. The zero-order valence-electron chi connectivity index (χ0n) is 11.8. The molecule has 0 saturated carbocycles. The van der Waals surface area contributed by atoms with Gasteiger partial charge in [0, 0.05) is 18.6 Å². The van der Waals surface area contributed by atoms with Crippen molar-refractivity contribution in [3.8, 4) is 0 Å². The molecule has 0 unspecified atom stereocenters. The number of carbonyl (C=O) groups is 2. The van der Waals surface area contributed by atoms with Crippen molar-refractivity contribution in [2.45, 2.75) is 51.1 Å². The molecule has 4 aliphatic rings. The number of ether oxygens (including phenoxy) is 1. The molecule has 20 heavy (non-hydrogen) atoms. The summed E-state index contributed by atoms with van der Waals surface area (Å²) < 4.78 is 5.05. The van der Waals surface area contributed by atoms with Crippen LogP contribution in [0.15, 0.2) is 11.3 Å². The second-order valence-corrected chi connectivity index (χ2v) is 6.68. The van der Waals surface area contributed by atoms with Crippen LogP contribution in [0.3, 0.4) is 0 Å². The number of amides is 1. The predicted molar refractivity (Wildman–Crippen MR) is 71.6 cm³/mol. The van der Waals surface area contributed by atoms with Gasteiger partial charge in [-0.1, -0.05) is 0 Å². The van der Waals surface area contributed by atoms with Gasteiger partial charge < -0.3 is 15.0 Å². The fourth-order valence-corrected chi connectivity index (χ4v) is 4.46. The van der Waals surface area contributed by atoms with Crippen LogP contribution in [-0.2, 0) is 14.3 Å². The number of esters is 1. The van der Waals surface area contributed by atoms with Crippen molar-refractivity contribution >= 4 is 11.9 Å². The van der Waals surface area contributed by atoms with E-state index in [0.717, 1.165) is 31.5 Å². The summed E-state index contributed by atoms with van der Waals surface area (Å²) in [5.41, 5.74) is 1.21. The summed E-state index contributed by atoms with van der Waals surface area (Å²) >= 11 is 0. The summed E-state index contributed by atoms with van der Waals surface area (Å²) in [6.07, 6.45) is 5.23. The van der Waals surface area contributed by atoms with E-state index in [1.54, 1.807) is 6.92 Å². The number of fused-ring (bicyclic) bond motifs is 2. The van der Waals surface area contributed by atoms with Crippen molar-refractivity contribution in [2.24, 2.45) is 5.41 Å². The lowest BCUT2D eigenvalue weighted by atomic mass is 9.74. The molecule has 3 saturated heterocycles. The molecule has 0 aromatic carbocycles. The Labute approximate surface area is 118 Å². The van der Waals surface area contributed by atoms with Gasteiger partial charge in [-0.25, -0.2) is 4.79 Å². The first-order valence-electron chi connectivity index (χ1n) is 7.54. The highest BCUT2D eigenvalue weighted by molar-refractivity contribution is 5.94. The summed E-state index contributed by atoms with van der Waals surface area (Å²) in [5.74, 6) is -0.0531. The Morgan fingerprint density at radius 1 is 1.25 bits per heavy atom. The third kappa shape index (κ3) is 1.59. The van der Waals surface area contributed by atoms with Gasteiger partial charge in [0.25, 0.3) is 0 Å². The number of hydrogen-bond donors (Lipinski definition) is 1. The number of hydrogen-bond acceptors (Lipinski definition) is 4. The summed E-state index contributed by atoms with van der Waals surface area (Å²) in [6.45, 7) is 2.76. The van der Waals surface area contributed by atoms with Crippen LogP contribution in [0, 0.1) is 5.41 Å². The number of piperidine rings is 1. The van der Waals surface area contributed by atoms with Crippen molar-refractivity contribution in [1.29, 1.82) is 0 Å². The Morgan fingerprint density at radius 2 is 1.95 bits per heavy atom. The number of nitrogens with zero attached hydrogens (tertiary/aromatic N) is 1. The molecular formula is C15H20N2O3. The van der Waals surface area contributed by atoms with E-state index < -0.39 is 0 Å². The molecule has 2 bridgehead atoms. The Morgan fingerprint density at radius 3 is 2.55 bits per heavy atom. The zero-order chi connectivity index (χ0) is 13.9. The molecular weight excluding hydrogens is 256 g/mol. The van der Waals surface area contributed by atoms with E-state index in [2.05, 4.69) is 5.32 Å². The summed E-state index contributed by atoms with van der Waals surface area (Å²) in [6, 6.07) is 1.02. The van der Waals surface area contributed by atoms with Gasteiger partial charge in [0.05, 0.1) is 16.7 Å². The molecule has 0 aromatic heterocycles. The van der Waals surface area contributed by atoms with E-state index >= 15 is 0 Å². The Hall–Kier alpha value is -1.36. The highest BCUT2D eigenvalue weighted by atomic mass is 16.5. The highest BCUT2D eigenvalue weighted by Gasteiger charge is 2.54. The lowest BCUT2D eigenvalue weighted by Crippen LogP contribution is -2.48. The maximum absolute atomic E-state index is 12.9. The second kappa shape index (κ2) is 4.07. The minimum Gasteiger partial charge on any atom is -0.456 e. The van der Waals surface area contributed by atoms with Gasteiger partial charge in [0.15, 0.2) is 0 Å². The SMILES string of the molecule is CC1=C(N2CC[C@@]3(C[C@H]4CC[C@@H](C3)N4)C2=O)COC1=O. The van der Waals surface area contributed by atoms with Gasteiger partial charge in [-0.2, -0.15) is 0 Å². The van der Waals surface area contributed by atoms with Crippen LogP contribution < -0.4 is 5.32 Å². The third-order valence-electron chi connectivity index (χ3n) is 5.53. The topological polar surface area (TPSA) is 58.6 Å². The maximum Gasteiger partial charge on any atom is 0.336 e. The van der Waals surface area contributed by atoms with Gasteiger partial charge in [0.2, 0.25) is 5.91 Å². The number of cyclic esters (lactones) is 1. The standard InChI is InChI=1S/C15H20N2O3/c1-9-12(8-20-13(9)18)17-5-4-15(14(17)19)6-10-2-3-11(7-15)16-10/h10-11,16H,2-8H2,1H3/t10-,11+,15+. The molecule has 3 fully saturated rings. The number of carbonyl (C=O) groups excluding carboxylic acids is 2. The summed E-state index contributed by atoms with van der Waals surface area (Å²) in [4.78, 5) is 26.3. The van der Waals surface area contributed by atoms with Gasteiger partial charge in [0.1, 0.15) is 6.61 Å². The number of likely N-dealkylation sites (tertiary alicyclic amines) is 1. The molecule has 0 aromatic rings. The molecule has 5 heteroatoms. The normalized spacial score (nSPS) is 40.1. The smallest absolute Gasteiger partial charge is 0.336 e. The van der Waals surface area contributed by atoms with Gasteiger partial charge in [-0.3, -0.25) is 4.79 Å². The maximum atomic E-state index is 12.9. The van der Waals surface area contributed by atoms with Crippen LogP contribution >= 0.6 is 0 Å². The van der Waals surface area contributed by atoms with E-state index in [1.165, 1.54) is 12.8 Å². The van der Waals surface area contributed by atoms with E-state index in [1.807, 2.05) is 4.90 Å². The monoisotopic (exact) mass is 276 g/mol. The molecule has 1 spiro atoms. The molecule has 5 nitrogen and oxygen atoms in total. The van der Waals surface area contributed by atoms with E-state index in [9.17, 15) is 9.59 Å². The van der Waals surface area contributed by atoms with Crippen LogP contribution in [0.25, 0.3) is 0 Å². The van der Waals surface area contributed by atoms with E-state index in [4.69, 9.17) is 4.74 Å². The van der Waals surface area contributed by atoms with Crippen LogP contribution in [0.5, 0.6) is 0 Å². The average Bonchev–Trinajstić information content (AvgIpc) is 3.03. The van der Waals surface area contributed by atoms with Crippen LogP contribution in [0.1, 0.15) is 39.0 Å². The summed E-state index contributed by atoms with van der Waals surface area (Å²) in [7, 11) is 0. The van der Waals surface area contributed by atoms with Crippen molar-refractivity contribution in [1.82, 2.24) is 10.2 Å². The quantitative estimate of drug-likeness (QED) is 0.724. The van der Waals surface area contributed by atoms with Crippen LogP contribution in [0.2, 0.25) is 0 Å². The molecule has 108 valence electrons. The van der Waals surface area contributed by atoms with Crippen LogP contribution in [-0.4, -0.2) is 42.0 Å². The van der Waals surface area contributed by atoms with Gasteiger partial charge >= 0.3 is 5.97 Å². The molecule has 1 N–H and O–H groups in total. The molecule has 1 amide bonds. The van der Waals surface area contributed by atoms with Gasteiger partial charge in [-0.15, -0.1) is 0 Å².